The highest BCUT2D eigenvalue weighted by molar-refractivity contribution is 6.17. The van der Waals surface area contributed by atoms with Gasteiger partial charge in [0.05, 0.1) is 6.61 Å². The van der Waals surface area contributed by atoms with Gasteiger partial charge in [0.15, 0.2) is 5.78 Å². The van der Waals surface area contributed by atoms with E-state index in [4.69, 9.17) is 9.47 Å². The summed E-state index contributed by atoms with van der Waals surface area (Å²) in [7, 11) is 0. The maximum Gasteiger partial charge on any atom is 0.334 e. The molecule has 1 heterocycles. The molecule has 1 aliphatic carbocycles. The van der Waals surface area contributed by atoms with Crippen LogP contribution in [-0.4, -0.2) is 24.3 Å². The van der Waals surface area contributed by atoms with Crippen molar-refractivity contribution in [1.82, 2.24) is 0 Å². The molecule has 0 spiro atoms. The van der Waals surface area contributed by atoms with E-state index in [9.17, 15) is 14.4 Å². The van der Waals surface area contributed by atoms with Crippen molar-refractivity contribution in [2.75, 3.05) is 6.61 Å². The Morgan fingerprint density at radius 2 is 1.81 bits per heavy atom. The highest BCUT2D eigenvalue weighted by Gasteiger charge is 2.61. The normalized spacial score (nSPS) is 22.9. The van der Waals surface area contributed by atoms with Crippen LogP contribution in [0.15, 0.2) is 66.2 Å². The standard InChI is InChI=1S/C22H18O5/c1-2-26-20(24)16-12-13-22(19(23)14-8-4-3-5-9-14)18(16)15-10-6-7-11-17(15)27-21(22)25/h3-12,18H,2,13H2,1H3. The highest BCUT2D eigenvalue weighted by Crippen LogP contribution is 2.56. The van der Waals surface area contributed by atoms with Gasteiger partial charge in [-0.25, -0.2) is 4.79 Å². The number of Topliss-reactive ketones (excluding diaryl/α,β-unsaturated/α-hetero) is 1. The molecule has 0 amide bonds. The average Bonchev–Trinajstić information content (AvgIpc) is 3.11. The van der Waals surface area contributed by atoms with E-state index in [1.54, 1.807) is 67.6 Å². The minimum absolute atomic E-state index is 0.104. The predicted octanol–water partition coefficient (Wildman–Crippen LogP) is 3.45. The summed E-state index contributed by atoms with van der Waals surface area (Å²) >= 11 is 0. The SMILES string of the molecule is CCOC(=O)C1=CCC2(C(=O)c3ccccc3)C(=O)Oc3ccccc3C12. The molecule has 27 heavy (non-hydrogen) atoms. The Kier molecular flexibility index (Phi) is 4.15. The van der Waals surface area contributed by atoms with Crippen LogP contribution < -0.4 is 4.74 Å². The predicted molar refractivity (Wildman–Crippen MR) is 97.4 cm³/mol. The van der Waals surface area contributed by atoms with Crippen molar-refractivity contribution >= 4 is 17.7 Å². The van der Waals surface area contributed by atoms with E-state index < -0.39 is 23.3 Å². The van der Waals surface area contributed by atoms with Gasteiger partial charge in [0.2, 0.25) is 0 Å². The fourth-order valence-corrected chi connectivity index (χ4v) is 3.99. The summed E-state index contributed by atoms with van der Waals surface area (Å²) < 4.78 is 10.7. The van der Waals surface area contributed by atoms with Gasteiger partial charge in [0.25, 0.3) is 0 Å². The number of ether oxygens (including phenoxy) is 2. The Hall–Kier alpha value is -3.21. The van der Waals surface area contributed by atoms with Crippen molar-refractivity contribution in [3.05, 3.63) is 77.4 Å². The number of carbonyl (C=O) groups is 3. The minimum atomic E-state index is -1.49. The maximum absolute atomic E-state index is 13.5. The Labute approximate surface area is 156 Å². The average molecular weight is 362 g/mol. The van der Waals surface area contributed by atoms with E-state index in [-0.39, 0.29) is 18.8 Å². The number of fused-ring (bicyclic) bond motifs is 3. The largest absolute Gasteiger partial charge is 0.463 e. The van der Waals surface area contributed by atoms with E-state index in [0.717, 1.165) is 0 Å². The zero-order chi connectivity index (χ0) is 19.0. The van der Waals surface area contributed by atoms with Crippen LogP contribution in [0.4, 0.5) is 0 Å². The third-order valence-electron chi connectivity index (χ3n) is 5.20. The molecule has 0 radical (unpaired) electrons. The topological polar surface area (TPSA) is 69.7 Å². The van der Waals surface area contributed by atoms with E-state index >= 15 is 0 Å². The molecule has 5 heteroatoms. The molecule has 0 bridgehead atoms. The van der Waals surface area contributed by atoms with Gasteiger partial charge in [-0.3, -0.25) is 9.59 Å². The molecule has 0 N–H and O–H groups in total. The van der Waals surface area contributed by atoms with Crippen LogP contribution in [0.2, 0.25) is 0 Å². The summed E-state index contributed by atoms with van der Waals surface area (Å²) in [5, 5.41) is 0. The van der Waals surface area contributed by atoms with Crippen LogP contribution in [0.25, 0.3) is 0 Å². The highest BCUT2D eigenvalue weighted by atomic mass is 16.5. The number of carbonyl (C=O) groups excluding carboxylic acids is 3. The van der Waals surface area contributed by atoms with Crippen LogP contribution in [-0.2, 0) is 14.3 Å². The summed E-state index contributed by atoms with van der Waals surface area (Å²) in [4.78, 5) is 39.1. The van der Waals surface area contributed by atoms with Gasteiger partial charge >= 0.3 is 11.9 Å². The van der Waals surface area contributed by atoms with Gasteiger partial charge < -0.3 is 9.47 Å². The van der Waals surface area contributed by atoms with Gasteiger partial charge in [-0.15, -0.1) is 0 Å². The van der Waals surface area contributed by atoms with Crippen molar-refractivity contribution < 1.29 is 23.9 Å². The smallest absolute Gasteiger partial charge is 0.334 e. The zero-order valence-corrected chi connectivity index (χ0v) is 14.8. The molecule has 136 valence electrons. The molecule has 5 nitrogen and oxygen atoms in total. The number of hydrogen-bond donors (Lipinski definition) is 0. The van der Waals surface area contributed by atoms with E-state index in [2.05, 4.69) is 0 Å². The molecular weight excluding hydrogens is 344 g/mol. The first-order valence-corrected chi connectivity index (χ1v) is 8.88. The second kappa shape index (κ2) is 6.50. The monoisotopic (exact) mass is 362 g/mol. The second-order valence-electron chi connectivity index (χ2n) is 6.61. The van der Waals surface area contributed by atoms with Gasteiger partial charge in [-0.1, -0.05) is 54.6 Å². The van der Waals surface area contributed by atoms with Crippen LogP contribution in [0.5, 0.6) is 5.75 Å². The Balaban J connectivity index is 1.89. The number of ketones is 1. The molecule has 2 atom stereocenters. The second-order valence-corrected chi connectivity index (χ2v) is 6.61. The third-order valence-corrected chi connectivity index (χ3v) is 5.20. The zero-order valence-electron chi connectivity index (χ0n) is 14.8. The number of esters is 2. The first kappa shape index (κ1) is 17.2. The Morgan fingerprint density at radius 3 is 2.56 bits per heavy atom. The molecular formula is C22H18O5. The van der Waals surface area contributed by atoms with Crippen LogP contribution >= 0.6 is 0 Å². The molecule has 2 unspecified atom stereocenters. The third kappa shape index (κ3) is 2.50. The molecule has 0 saturated heterocycles. The van der Waals surface area contributed by atoms with Crippen LogP contribution in [0, 0.1) is 5.41 Å². The molecule has 0 fully saturated rings. The van der Waals surface area contributed by atoms with Gasteiger partial charge in [-0.2, -0.15) is 0 Å². The van der Waals surface area contributed by atoms with Crippen molar-refractivity contribution in [3.8, 4) is 5.75 Å². The lowest BCUT2D eigenvalue weighted by atomic mass is 9.66. The maximum atomic E-state index is 13.5. The lowest BCUT2D eigenvalue weighted by molar-refractivity contribution is -0.145. The van der Waals surface area contributed by atoms with E-state index in [1.807, 2.05) is 0 Å². The number of hydrogen-bond acceptors (Lipinski definition) is 5. The van der Waals surface area contributed by atoms with Crippen LogP contribution in [0.1, 0.15) is 35.2 Å². The van der Waals surface area contributed by atoms with E-state index in [0.29, 0.717) is 22.4 Å². The molecule has 0 aromatic heterocycles. The summed E-state index contributed by atoms with van der Waals surface area (Å²) in [6.45, 7) is 1.94. The van der Waals surface area contributed by atoms with Crippen molar-refractivity contribution in [3.63, 3.8) is 0 Å². The fourth-order valence-electron chi connectivity index (χ4n) is 3.99. The lowest BCUT2D eigenvalue weighted by Crippen LogP contribution is -2.48. The van der Waals surface area contributed by atoms with Gasteiger partial charge in [-0.05, 0) is 19.4 Å². The Morgan fingerprint density at radius 1 is 1.11 bits per heavy atom. The molecule has 2 aromatic rings. The Bertz CT molecular complexity index is 960. The van der Waals surface area contributed by atoms with Crippen molar-refractivity contribution in [2.24, 2.45) is 5.41 Å². The number of rotatable bonds is 4. The van der Waals surface area contributed by atoms with Crippen LogP contribution in [0.3, 0.4) is 0 Å². The quantitative estimate of drug-likeness (QED) is 0.361. The fraction of sp³-hybridized carbons (Fsp3) is 0.227. The number of benzene rings is 2. The summed E-state index contributed by atoms with van der Waals surface area (Å²) in [5.41, 5.74) is -0.0848. The molecule has 1 aliphatic heterocycles. The number of para-hydroxylation sites is 1. The summed E-state index contributed by atoms with van der Waals surface area (Å²) in [6.07, 6.45) is 1.75. The minimum Gasteiger partial charge on any atom is -0.463 e. The lowest BCUT2D eigenvalue weighted by Gasteiger charge is -2.38. The first-order valence-electron chi connectivity index (χ1n) is 8.88. The summed E-state index contributed by atoms with van der Waals surface area (Å²) in [5.74, 6) is -1.82. The molecule has 2 aromatic carbocycles. The van der Waals surface area contributed by atoms with Crippen molar-refractivity contribution in [1.29, 1.82) is 0 Å². The first-order chi connectivity index (χ1) is 13.1. The number of allylic oxidation sites excluding steroid dienone is 1. The molecule has 4 rings (SSSR count). The summed E-state index contributed by atoms with van der Waals surface area (Å²) in [6, 6.07) is 15.7. The molecule has 2 aliphatic rings. The van der Waals surface area contributed by atoms with Gasteiger partial charge in [0.1, 0.15) is 11.2 Å². The van der Waals surface area contributed by atoms with Crippen molar-refractivity contribution in [2.45, 2.75) is 19.3 Å². The van der Waals surface area contributed by atoms with E-state index in [1.165, 1.54) is 0 Å². The molecule has 0 saturated carbocycles. The van der Waals surface area contributed by atoms with Gasteiger partial charge in [0, 0.05) is 22.6 Å².